The number of thiazole rings is 1. The second kappa shape index (κ2) is 5.32. The van der Waals surface area contributed by atoms with Crippen LogP contribution < -0.4 is 5.32 Å². The summed E-state index contributed by atoms with van der Waals surface area (Å²) in [5.41, 5.74) is 1.36. The van der Waals surface area contributed by atoms with Gasteiger partial charge < -0.3 is 5.32 Å². The van der Waals surface area contributed by atoms with Gasteiger partial charge >= 0.3 is 0 Å². The van der Waals surface area contributed by atoms with E-state index >= 15 is 0 Å². The fourth-order valence-corrected chi connectivity index (χ4v) is 4.02. The lowest BCUT2D eigenvalue weighted by atomic mass is 9.98. The van der Waals surface area contributed by atoms with E-state index in [0.29, 0.717) is 6.04 Å². The molecule has 1 heterocycles. The minimum atomic E-state index is 0.576. The van der Waals surface area contributed by atoms with Gasteiger partial charge in [0.15, 0.2) is 0 Å². The zero-order valence-electron chi connectivity index (χ0n) is 9.38. The highest BCUT2D eigenvalue weighted by molar-refractivity contribution is 7.97. The standard InChI is InChI=1S/C11H18N2S2/c1-3-12-8-5-4-6-9-11(8)15-10(13-9)7-14-2/h8,12H,3-7H2,1-2H3. The smallest absolute Gasteiger partial charge is 0.103 e. The van der Waals surface area contributed by atoms with E-state index in [9.17, 15) is 0 Å². The van der Waals surface area contributed by atoms with Crippen LogP contribution in [0.3, 0.4) is 0 Å². The fourth-order valence-electron chi connectivity index (χ4n) is 2.10. The quantitative estimate of drug-likeness (QED) is 0.878. The van der Waals surface area contributed by atoms with Crippen LogP contribution in [0.25, 0.3) is 0 Å². The molecule has 1 N–H and O–H groups in total. The summed E-state index contributed by atoms with van der Waals surface area (Å²) in [6, 6.07) is 0.576. The van der Waals surface area contributed by atoms with Crippen molar-refractivity contribution in [2.45, 2.75) is 38.0 Å². The van der Waals surface area contributed by atoms with Gasteiger partial charge in [0.25, 0.3) is 0 Å². The Morgan fingerprint density at radius 1 is 1.60 bits per heavy atom. The van der Waals surface area contributed by atoms with Crippen molar-refractivity contribution in [3.63, 3.8) is 0 Å². The SMILES string of the molecule is CCNC1CCCc2nc(CSC)sc21. The highest BCUT2D eigenvalue weighted by Crippen LogP contribution is 2.34. The molecule has 2 rings (SSSR count). The van der Waals surface area contributed by atoms with E-state index in [4.69, 9.17) is 4.98 Å². The fraction of sp³-hybridized carbons (Fsp3) is 0.727. The number of hydrogen-bond donors (Lipinski definition) is 1. The number of nitrogens with zero attached hydrogens (tertiary/aromatic N) is 1. The molecule has 1 aliphatic carbocycles. The van der Waals surface area contributed by atoms with Crippen molar-refractivity contribution in [1.82, 2.24) is 10.3 Å². The number of hydrogen-bond acceptors (Lipinski definition) is 4. The van der Waals surface area contributed by atoms with Crippen molar-refractivity contribution in [1.29, 1.82) is 0 Å². The molecule has 0 saturated heterocycles. The van der Waals surface area contributed by atoms with Crippen LogP contribution in [-0.2, 0) is 12.2 Å². The minimum absolute atomic E-state index is 0.576. The van der Waals surface area contributed by atoms with Crippen LogP contribution in [0.15, 0.2) is 0 Å². The molecule has 2 nitrogen and oxygen atoms in total. The Hall–Kier alpha value is -0.0600. The molecule has 1 unspecified atom stereocenters. The zero-order valence-corrected chi connectivity index (χ0v) is 11.0. The Kier molecular flexibility index (Phi) is 4.05. The van der Waals surface area contributed by atoms with Gasteiger partial charge in [-0.2, -0.15) is 11.8 Å². The van der Waals surface area contributed by atoms with Gasteiger partial charge in [0, 0.05) is 16.7 Å². The molecule has 0 spiro atoms. The summed E-state index contributed by atoms with van der Waals surface area (Å²) in [4.78, 5) is 6.24. The van der Waals surface area contributed by atoms with Gasteiger partial charge in [0.2, 0.25) is 0 Å². The van der Waals surface area contributed by atoms with Gasteiger partial charge in [-0.05, 0) is 32.1 Å². The highest BCUT2D eigenvalue weighted by Gasteiger charge is 2.23. The average molecular weight is 242 g/mol. The van der Waals surface area contributed by atoms with Gasteiger partial charge in [-0.1, -0.05) is 6.92 Å². The first-order chi connectivity index (χ1) is 7.35. The third-order valence-electron chi connectivity index (χ3n) is 2.71. The third kappa shape index (κ3) is 2.55. The van der Waals surface area contributed by atoms with Crippen molar-refractivity contribution in [3.05, 3.63) is 15.6 Å². The molecule has 1 atom stereocenters. The first-order valence-electron chi connectivity index (χ1n) is 5.56. The minimum Gasteiger partial charge on any atom is -0.309 e. The summed E-state index contributed by atoms with van der Waals surface area (Å²) >= 11 is 3.77. The number of fused-ring (bicyclic) bond motifs is 1. The molecule has 4 heteroatoms. The maximum absolute atomic E-state index is 4.73. The summed E-state index contributed by atoms with van der Waals surface area (Å²) in [7, 11) is 0. The Morgan fingerprint density at radius 2 is 2.47 bits per heavy atom. The Morgan fingerprint density at radius 3 is 3.20 bits per heavy atom. The van der Waals surface area contributed by atoms with Crippen molar-refractivity contribution in [2.75, 3.05) is 12.8 Å². The topological polar surface area (TPSA) is 24.9 Å². The van der Waals surface area contributed by atoms with Gasteiger partial charge in [-0.25, -0.2) is 4.98 Å². The molecule has 1 aromatic rings. The maximum Gasteiger partial charge on any atom is 0.103 e. The monoisotopic (exact) mass is 242 g/mol. The van der Waals surface area contributed by atoms with Crippen LogP contribution in [-0.4, -0.2) is 17.8 Å². The second-order valence-electron chi connectivity index (χ2n) is 3.85. The lowest BCUT2D eigenvalue weighted by molar-refractivity contribution is 0.476. The molecular formula is C11H18N2S2. The van der Waals surface area contributed by atoms with E-state index in [1.807, 2.05) is 23.1 Å². The van der Waals surface area contributed by atoms with Crippen LogP contribution in [0, 0.1) is 0 Å². The maximum atomic E-state index is 4.73. The number of nitrogens with one attached hydrogen (secondary N) is 1. The molecule has 0 bridgehead atoms. The molecule has 0 fully saturated rings. The van der Waals surface area contributed by atoms with Crippen LogP contribution in [0.1, 0.15) is 41.4 Å². The molecule has 1 aliphatic rings. The van der Waals surface area contributed by atoms with E-state index in [2.05, 4.69) is 18.5 Å². The van der Waals surface area contributed by atoms with Crippen LogP contribution >= 0.6 is 23.1 Å². The molecule has 0 aromatic carbocycles. The van der Waals surface area contributed by atoms with E-state index in [1.165, 1.54) is 34.8 Å². The van der Waals surface area contributed by atoms with Crippen molar-refractivity contribution in [2.24, 2.45) is 0 Å². The molecule has 0 amide bonds. The van der Waals surface area contributed by atoms with E-state index < -0.39 is 0 Å². The lowest BCUT2D eigenvalue weighted by Crippen LogP contribution is -2.23. The largest absolute Gasteiger partial charge is 0.309 e. The average Bonchev–Trinajstić information content (AvgIpc) is 2.62. The predicted molar refractivity (Wildman–Crippen MR) is 68.7 cm³/mol. The molecular weight excluding hydrogens is 224 g/mol. The Bertz CT molecular complexity index is 322. The second-order valence-corrected chi connectivity index (χ2v) is 5.84. The van der Waals surface area contributed by atoms with Crippen molar-refractivity contribution >= 4 is 23.1 Å². The highest BCUT2D eigenvalue weighted by atomic mass is 32.2. The van der Waals surface area contributed by atoms with Gasteiger partial charge in [-0.3, -0.25) is 0 Å². The first-order valence-corrected chi connectivity index (χ1v) is 7.77. The summed E-state index contributed by atoms with van der Waals surface area (Å²) < 4.78 is 0. The molecule has 0 saturated carbocycles. The normalized spacial score (nSPS) is 20.3. The van der Waals surface area contributed by atoms with Crippen LogP contribution in [0.5, 0.6) is 0 Å². The molecule has 15 heavy (non-hydrogen) atoms. The molecule has 1 aromatic heterocycles. The van der Waals surface area contributed by atoms with Gasteiger partial charge in [0.1, 0.15) is 5.01 Å². The van der Waals surface area contributed by atoms with Crippen molar-refractivity contribution in [3.8, 4) is 0 Å². The summed E-state index contributed by atoms with van der Waals surface area (Å²) in [6.07, 6.45) is 5.89. The van der Waals surface area contributed by atoms with Gasteiger partial charge in [-0.15, -0.1) is 11.3 Å². The lowest BCUT2D eigenvalue weighted by Gasteiger charge is -2.21. The van der Waals surface area contributed by atoms with Crippen molar-refractivity contribution < 1.29 is 0 Å². The molecule has 84 valence electrons. The number of aryl methyl sites for hydroxylation is 1. The van der Waals surface area contributed by atoms with Crippen LogP contribution in [0.4, 0.5) is 0 Å². The summed E-state index contributed by atoms with van der Waals surface area (Å²) in [6.45, 7) is 3.23. The van der Waals surface area contributed by atoms with E-state index in [0.717, 1.165) is 12.3 Å². The number of aromatic nitrogens is 1. The third-order valence-corrected chi connectivity index (χ3v) is 4.67. The zero-order chi connectivity index (χ0) is 10.7. The Labute approximate surface area is 99.9 Å². The van der Waals surface area contributed by atoms with E-state index in [1.54, 1.807) is 0 Å². The summed E-state index contributed by atoms with van der Waals surface area (Å²) in [5, 5.41) is 4.86. The predicted octanol–water partition coefficient (Wildman–Crippen LogP) is 2.99. The molecule has 0 aliphatic heterocycles. The number of thioether (sulfide) groups is 1. The van der Waals surface area contributed by atoms with Crippen LogP contribution in [0.2, 0.25) is 0 Å². The Balaban J connectivity index is 2.18. The molecule has 0 radical (unpaired) electrons. The van der Waals surface area contributed by atoms with Gasteiger partial charge in [0.05, 0.1) is 5.69 Å². The first kappa shape index (κ1) is 11.4. The summed E-state index contributed by atoms with van der Waals surface area (Å²) in [5.74, 6) is 1.07. The number of rotatable bonds is 4. The van der Waals surface area contributed by atoms with E-state index in [-0.39, 0.29) is 0 Å².